The minimum atomic E-state index is -3.85. The third kappa shape index (κ3) is 5.16. The fourth-order valence-electron chi connectivity index (χ4n) is 3.37. The second-order valence-corrected chi connectivity index (χ2v) is 9.46. The third-order valence-electron chi connectivity index (χ3n) is 5.14. The zero-order valence-corrected chi connectivity index (χ0v) is 18.7. The number of carbonyl (C=O) groups is 1. The fourth-order valence-corrected chi connectivity index (χ4v) is 4.30. The van der Waals surface area contributed by atoms with Crippen molar-refractivity contribution < 1.29 is 23.4 Å². The van der Waals surface area contributed by atoms with Crippen molar-refractivity contribution in [1.29, 1.82) is 0 Å². The van der Waals surface area contributed by atoms with Crippen LogP contribution in [0.5, 0.6) is 0 Å². The van der Waals surface area contributed by atoms with Crippen molar-refractivity contribution in [2.45, 2.75) is 25.6 Å². The molecule has 10 heteroatoms. The minimum absolute atomic E-state index is 0.0890. The molecule has 2 aromatic carbocycles. The lowest BCUT2D eigenvalue weighted by molar-refractivity contribution is 0.118. The zero-order valence-electron chi connectivity index (χ0n) is 17.9. The molecule has 1 aromatic heterocycles. The molecule has 0 radical (unpaired) electrons. The molecule has 0 aliphatic heterocycles. The predicted octanol–water partition coefficient (Wildman–Crippen LogP) is 2.49. The van der Waals surface area contributed by atoms with Gasteiger partial charge in [-0.1, -0.05) is 54.6 Å². The van der Waals surface area contributed by atoms with E-state index in [0.717, 1.165) is 19.4 Å². The zero-order chi connectivity index (χ0) is 23.3. The van der Waals surface area contributed by atoms with Crippen molar-refractivity contribution in [2.24, 2.45) is 0 Å². The highest BCUT2D eigenvalue weighted by Gasteiger charge is 2.29. The van der Waals surface area contributed by atoms with Crippen LogP contribution in [0.3, 0.4) is 0 Å². The molecule has 1 atom stereocenters. The maximum atomic E-state index is 12.6. The largest absolute Gasteiger partial charge is 0.465 e. The van der Waals surface area contributed by atoms with E-state index in [4.69, 9.17) is 0 Å². The van der Waals surface area contributed by atoms with Crippen LogP contribution in [0.2, 0.25) is 0 Å². The number of amides is 1. The van der Waals surface area contributed by atoms with E-state index in [-0.39, 0.29) is 19.0 Å². The van der Waals surface area contributed by atoms with Crippen LogP contribution in [0.15, 0.2) is 67.0 Å². The highest BCUT2D eigenvalue weighted by Crippen LogP contribution is 2.28. The van der Waals surface area contributed by atoms with E-state index in [2.05, 4.69) is 4.98 Å². The van der Waals surface area contributed by atoms with Gasteiger partial charge in [-0.05, 0) is 23.1 Å². The Morgan fingerprint density at radius 3 is 2.28 bits per heavy atom. The summed E-state index contributed by atoms with van der Waals surface area (Å²) in [5.41, 5.74) is 2.36. The lowest BCUT2D eigenvalue weighted by atomic mass is 9.96. The summed E-state index contributed by atoms with van der Waals surface area (Å²) >= 11 is 0. The van der Waals surface area contributed by atoms with Crippen LogP contribution < -0.4 is 0 Å². The number of imidazole rings is 1. The molecule has 0 aliphatic carbocycles. The van der Waals surface area contributed by atoms with E-state index in [9.17, 15) is 23.4 Å². The number of nitrogens with zero attached hydrogens (tertiary/aromatic N) is 4. The molecule has 3 rings (SSSR count). The molecule has 1 amide bonds. The van der Waals surface area contributed by atoms with E-state index in [1.54, 1.807) is 24.3 Å². The first-order valence-corrected chi connectivity index (χ1v) is 11.3. The van der Waals surface area contributed by atoms with Gasteiger partial charge in [0.05, 0.1) is 19.2 Å². The monoisotopic (exact) mass is 458 g/mol. The molecule has 32 heavy (non-hydrogen) atoms. The number of rotatable bonds is 9. The summed E-state index contributed by atoms with van der Waals surface area (Å²) in [6, 6.07) is 15.9. The molecule has 1 unspecified atom stereocenters. The summed E-state index contributed by atoms with van der Waals surface area (Å²) in [5, 5.41) is 19.4. The van der Waals surface area contributed by atoms with Crippen LogP contribution in [0.4, 0.5) is 4.79 Å². The Balaban J connectivity index is 2.02. The average molecular weight is 459 g/mol. The van der Waals surface area contributed by atoms with Crippen molar-refractivity contribution in [3.63, 3.8) is 0 Å². The molecule has 0 aliphatic rings. The summed E-state index contributed by atoms with van der Waals surface area (Å²) in [6.07, 6.45) is 1.81. The number of hydrogen-bond acceptors (Lipinski definition) is 5. The van der Waals surface area contributed by atoms with E-state index >= 15 is 0 Å². The van der Waals surface area contributed by atoms with Crippen LogP contribution >= 0.6 is 0 Å². The Kier molecular flexibility index (Phi) is 7.29. The van der Waals surface area contributed by atoms with Gasteiger partial charge in [-0.2, -0.15) is 12.7 Å². The summed E-state index contributed by atoms with van der Waals surface area (Å²) in [7, 11) is -1.06. The van der Waals surface area contributed by atoms with E-state index < -0.39 is 22.3 Å². The molecule has 2 N–H and O–H groups in total. The Morgan fingerprint density at radius 2 is 1.72 bits per heavy atom. The molecule has 170 valence electrons. The highest BCUT2D eigenvalue weighted by atomic mass is 32.2. The van der Waals surface area contributed by atoms with Crippen molar-refractivity contribution in [3.8, 4) is 0 Å². The van der Waals surface area contributed by atoms with Crippen LogP contribution in [-0.4, -0.2) is 57.0 Å². The molecule has 0 spiro atoms. The number of aliphatic hydroxyl groups excluding tert-OH is 1. The van der Waals surface area contributed by atoms with Gasteiger partial charge in [0.1, 0.15) is 5.82 Å². The van der Waals surface area contributed by atoms with Gasteiger partial charge in [-0.3, -0.25) is 4.90 Å². The van der Waals surface area contributed by atoms with Gasteiger partial charge < -0.3 is 10.2 Å². The van der Waals surface area contributed by atoms with Crippen molar-refractivity contribution in [2.75, 3.05) is 14.1 Å². The molecule has 0 fully saturated rings. The Hall–Kier alpha value is -3.21. The molecule has 0 saturated carbocycles. The molecule has 0 saturated heterocycles. The van der Waals surface area contributed by atoms with Crippen LogP contribution in [0, 0.1) is 0 Å². The van der Waals surface area contributed by atoms with Gasteiger partial charge in [0.15, 0.2) is 0 Å². The summed E-state index contributed by atoms with van der Waals surface area (Å²) in [5.74, 6) is 0.0890. The number of aromatic nitrogens is 2. The van der Waals surface area contributed by atoms with Gasteiger partial charge in [-0.25, -0.2) is 13.8 Å². The maximum absolute atomic E-state index is 12.6. The number of hydrogen-bond donors (Lipinski definition) is 2. The quantitative estimate of drug-likeness (QED) is 0.509. The Morgan fingerprint density at radius 1 is 1.06 bits per heavy atom. The molecular formula is C22H26N4O5S. The Bertz CT molecular complexity index is 1140. The van der Waals surface area contributed by atoms with Crippen molar-refractivity contribution in [1.82, 2.24) is 18.2 Å². The fraction of sp³-hybridized carbons (Fsp3) is 0.273. The normalized spacial score (nSPS) is 12.6. The molecule has 0 bridgehead atoms. The second-order valence-electron chi connectivity index (χ2n) is 7.45. The van der Waals surface area contributed by atoms with Crippen LogP contribution in [0.25, 0.3) is 0 Å². The maximum Gasteiger partial charge on any atom is 0.408 e. The summed E-state index contributed by atoms with van der Waals surface area (Å²) in [6.45, 7) is -0.346. The van der Waals surface area contributed by atoms with E-state index in [1.165, 1.54) is 31.4 Å². The Labute approximate surface area is 187 Å². The number of carboxylic acid groups (broad SMARTS) is 1. The lowest BCUT2D eigenvalue weighted by Crippen LogP contribution is -2.37. The first-order chi connectivity index (χ1) is 15.2. The average Bonchev–Trinajstić information content (AvgIpc) is 3.26. The van der Waals surface area contributed by atoms with E-state index in [0.29, 0.717) is 12.0 Å². The van der Waals surface area contributed by atoms with Gasteiger partial charge in [0.25, 0.3) is 0 Å². The second kappa shape index (κ2) is 9.94. The molecular weight excluding hydrogens is 432 g/mol. The number of benzene rings is 2. The predicted molar refractivity (Wildman–Crippen MR) is 119 cm³/mol. The first kappa shape index (κ1) is 23.5. The summed E-state index contributed by atoms with van der Waals surface area (Å²) < 4.78 is 27.3. The van der Waals surface area contributed by atoms with Crippen molar-refractivity contribution in [3.05, 3.63) is 89.5 Å². The van der Waals surface area contributed by atoms with Gasteiger partial charge in [-0.15, -0.1) is 0 Å². The van der Waals surface area contributed by atoms with Crippen LogP contribution in [-0.2, 0) is 29.8 Å². The lowest BCUT2D eigenvalue weighted by Gasteiger charge is -2.30. The van der Waals surface area contributed by atoms with Gasteiger partial charge >= 0.3 is 16.3 Å². The van der Waals surface area contributed by atoms with Crippen molar-refractivity contribution >= 4 is 16.3 Å². The van der Waals surface area contributed by atoms with E-state index in [1.807, 2.05) is 30.3 Å². The SMILES string of the molecule is CN(C)S(=O)(=O)n1ccnc1CN(C(=O)O)C(Cc1ccccc1)c1ccc(CO)cc1. The number of aliphatic hydroxyl groups is 1. The minimum Gasteiger partial charge on any atom is -0.465 e. The smallest absolute Gasteiger partial charge is 0.408 e. The third-order valence-corrected chi connectivity index (χ3v) is 6.90. The molecule has 9 nitrogen and oxygen atoms in total. The summed E-state index contributed by atoms with van der Waals surface area (Å²) in [4.78, 5) is 17.6. The van der Waals surface area contributed by atoms with Gasteiger partial charge in [0, 0.05) is 26.5 Å². The standard InChI is InChI=1S/C22H26N4O5S/c1-24(2)32(30,31)26-13-12-23-21(26)15-25(22(28)29)20(14-17-6-4-3-5-7-17)19-10-8-18(16-27)9-11-19/h3-13,20,27H,14-16H2,1-2H3,(H,28,29). The first-order valence-electron chi connectivity index (χ1n) is 9.92. The molecule has 1 heterocycles. The molecule has 3 aromatic rings. The van der Waals surface area contributed by atoms with Crippen LogP contribution in [0.1, 0.15) is 28.6 Å². The highest BCUT2D eigenvalue weighted by molar-refractivity contribution is 7.87. The van der Waals surface area contributed by atoms with Gasteiger partial charge in [0.2, 0.25) is 0 Å². The topological polar surface area (TPSA) is 116 Å².